The quantitative estimate of drug-likeness (QED) is 0.0322. The van der Waals surface area contributed by atoms with E-state index in [1.807, 2.05) is 6.92 Å². The van der Waals surface area contributed by atoms with Crippen LogP contribution < -0.4 is 4.74 Å². The summed E-state index contributed by atoms with van der Waals surface area (Å²) in [6.07, 6.45) is 33.8. The fourth-order valence-corrected chi connectivity index (χ4v) is 16.4. The highest BCUT2D eigenvalue weighted by Crippen LogP contribution is 2.67. The lowest BCUT2D eigenvalue weighted by atomic mass is 9.47. The molecular weight excluding hydrogens is 1060 g/mol. The Morgan fingerprint density at radius 1 is 0.741 bits per heavy atom. The number of halogens is 3. The number of carbonyl (C=O) groups is 1. The molecule has 4 aliphatic carbocycles. The topological polar surface area (TPSA) is 44.8 Å². The van der Waals surface area contributed by atoms with E-state index in [1.54, 1.807) is 5.57 Å². The zero-order valence-corrected chi connectivity index (χ0v) is 44.0. The Labute approximate surface area is 396 Å². The van der Waals surface area contributed by atoms with E-state index in [0.29, 0.717) is 17.3 Å². The molecule has 0 aromatic heterocycles. The van der Waals surface area contributed by atoms with Gasteiger partial charge >= 0.3 is 5.97 Å². The molecule has 58 heavy (non-hydrogen) atoms. The summed E-state index contributed by atoms with van der Waals surface area (Å²) in [5.41, 5.74) is 2.51. The molecule has 4 aliphatic rings. The third kappa shape index (κ3) is 13.9. The van der Waals surface area contributed by atoms with Crippen molar-refractivity contribution in [3.8, 4) is 5.75 Å². The Balaban J connectivity index is 0.872. The summed E-state index contributed by atoms with van der Waals surface area (Å²) in [5.74, 6) is 6.16. The van der Waals surface area contributed by atoms with Gasteiger partial charge in [0.2, 0.25) is 0 Å². The minimum Gasteiger partial charge on any atom is -0.491 e. The fourth-order valence-electron chi connectivity index (χ4n) is 12.5. The molecule has 0 bridgehead atoms. The number of esters is 1. The van der Waals surface area contributed by atoms with Crippen molar-refractivity contribution in [2.24, 2.45) is 46.3 Å². The van der Waals surface area contributed by atoms with E-state index in [-0.39, 0.29) is 12.1 Å². The van der Waals surface area contributed by atoms with Crippen LogP contribution in [-0.4, -0.2) is 25.0 Å². The molecule has 7 heteroatoms. The number of rotatable bonds is 25. The van der Waals surface area contributed by atoms with Crippen molar-refractivity contribution >= 4 is 73.7 Å². The van der Waals surface area contributed by atoms with E-state index in [4.69, 9.17) is 14.2 Å². The fraction of sp³-hybridized carbons (Fsp3) is 0.824. The van der Waals surface area contributed by atoms with Gasteiger partial charge in [0.05, 0.1) is 19.9 Å². The highest BCUT2D eigenvalue weighted by Gasteiger charge is 2.59. The molecule has 0 saturated heterocycles. The summed E-state index contributed by atoms with van der Waals surface area (Å²) in [5, 5.41) is 0. The molecule has 9 atom stereocenters. The van der Waals surface area contributed by atoms with E-state index in [2.05, 4.69) is 121 Å². The number of ether oxygens (including phenoxy) is 3. The van der Waals surface area contributed by atoms with E-state index in [1.165, 1.54) is 133 Å². The Bertz CT molecular complexity index is 1420. The number of benzene rings is 1. The number of allylic oxidation sites excluding steroid dienone is 1. The average molecular weight is 1140 g/mol. The van der Waals surface area contributed by atoms with Crippen LogP contribution in [0.5, 0.6) is 5.75 Å². The molecule has 0 spiro atoms. The van der Waals surface area contributed by atoms with Gasteiger partial charge in [-0.1, -0.05) is 136 Å². The summed E-state index contributed by atoms with van der Waals surface area (Å²) in [6.45, 7) is 15.4. The van der Waals surface area contributed by atoms with Crippen LogP contribution >= 0.6 is 67.8 Å². The van der Waals surface area contributed by atoms with Gasteiger partial charge in [0.15, 0.2) is 6.29 Å². The van der Waals surface area contributed by atoms with Crippen LogP contribution in [0.1, 0.15) is 202 Å². The maximum Gasteiger partial charge on any atom is 0.308 e. The van der Waals surface area contributed by atoms with Crippen LogP contribution in [0.25, 0.3) is 0 Å². The molecule has 1 aromatic carbocycles. The second-order valence-electron chi connectivity index (χ2n) is 20.2. The van der Waals surface area contributed by atoms with Gasteiger partial charge in [0.1, 0.15) is 5.75 Å². The van der Waals surface area contributed by atoms with Gasteiger partial charge in [0, 0.05) is 9.99 Å². The Morgan fingerprint density at radius 3 is 2.00 bits per heavy atom. The van der Waals surface area contributed by atoms with Gasteiger partial charge in [-0.15, -0.1) is 0 Å². The molecule has 0 N–H and O–H groups in total. The summed E-state index contributed by atoms with van der Waals surface area (Å²) in [6, 6.07) is 4.37. The van der Waals surface area contributed by atoms with Gasteiger partial charge in [-0.25, -0.2) is 0 Å². The van der Waals surface area contributed by atoms with Crippen LogP contribution in [0.2, 0.25) is 0 Å². The molecule has 330 valence electrons. The number of fused-ring (bicyclic) bond motifs is 5. The minimum absolute atomic E-state index is 0.0923. The lowest BCUT2D eigenvalue weighted by Crippen LogP contribution is -2.51. The summed E-state index contributed by atoms with van der Waals surface area (Å²) >= 11 is 7.13. The van der Waals surface area contributed by atoms with E-state index in [9.17, 15) is 4.79 Å². The van der Waals surface area contributed by atoms with Gasteiger partial charge in [-0.05, 0) is 197 Å². The first-order valence-corrected chi connectivity index (χ1v) is 27.4. The zero-order chi connectivity index (χ0) is 41.7. The number of unbranched alkanes of at least 4 members (excludes halogenated alkanes) is 12. The number of hydrogen-bond acceptors (Lipinski definition) is 4. The van der Waals surface area contributed by atoms with Crippen molar-refractivity contribution < 1.29 is 19.0 Å². The number of carbonyl (C=O) groups excluding carboxylic acids is 1. The normalized spacial score (nSPS) is 29.0. The molecule has 4 unspecified atom stereocenters. The van der Waals surface area contributed by atoms with Gasteiger partial charge in [-0.3, -0.25) is 4.79 Å². The molecule has 5 rings (SSSR count). The van der Waals surface area contributed by atoms with Crippen LogP contribution in [0.4, 0.5) is 0 Å². The molecular formula is C51H81I3O4. The van der Waals surface area contributed by atoms with Crippen molar-refractivity contribution in [3.05, 3.63) is 34.5 Å². The lowest BCUT2D eigenvalue weighted by molar-refractivity contribution is -0.188. The van der Waals surface area contributed by atoms with Gasteiger partial charge < -0.3 is 14.2 Å². The van der Waals surface area contributed by atoms with Crippen LogP contribution in [0.3, 0.4) is 0 Å². The zero-order valence-electron chi connectivity index (χ0n) is 37.5. The predicted molar refractivity (Wildman–Crippen MR) is 268 cm³/mol. The molecule has 0 radical (unpaired) electrons. The average Bonchev–Trinajstić information content (AvgIpc) is 3.52. The molecule has 3 fully saturated rings. The summed E-state index contributed by atoms with van der Waals surface area (Å²) in [7, 11) is 0. The maximum absolute atomic E-state index is 12.7. The summed E-state index contributed by atoms with van der Waals surface area (Å²) in [4.78, 5) is 12.7. The van der Waals surface area contributed by atoms with Gasteiger partial charge in [0.25, 0.3) is 0 Å². The lowest BCUT2D eigenvalue weighted by Gasteiger charge is -2.58. The largest absolute Gasteiger partial charge is 0.491 e. The first kappa shape index (κ1) is 49.4. The van der Waals surface area contributed by atoms with Crippen molar-refractivity contribution in [2.75, 3.05) is 6.61 Å². The van der Waals surface area contributed by atoms with Crippen molar-refractivity contribution in [1.29, 1.82) is 0 Å². The second-order valence-corrected chi connectivity index (χ2v) is 23.8. The highest BCUT2D eigenvalue weighted by molar-refractivity contribution is 14.1. The van der Waals surface area contributed by atoms with E-state index < -0.39 is 6.29 Å². The molecule has 4 nitrogen and oxygen atoms in total. The first-order chi connectivity index (χ1) is 27.8. The standard InChI is InChI=1S/C51H81I3O4/c1-36(2)21-20-22-37(3)43-26-27-44-42-25-24-39-33-41(28-30-50(39,5)45(42)29-31-51(43,44)6)57-38(4)58-48(55)23-18-16-14-12-10-8-7-9-11-13-15-17-19-32-56-49-46(53)34-40(52)35-47(49)54/h24,34-38,41-45H,7-23,25-33H2,1-6H3/t37-,38?,41+,42?,43-,44?,45?,50+,51-/m1/s1. The van der Waals surface area contributed by atoms with Crippen molar-refractivity contribution in [3.63, 3.8) is 0 Å². The molecule has 1 aromatic rings. The minimum atomic E-state index is -0.460. The maximum atomic E-state index is 12.7. The molecule has 3 saturated carbocycles. The Morgan fingerprint density at radius 2 is 1.36 bits per heavy atom. The van der Waals surface area contributed by atoms with Crippen LogP contribution in [0, 0.1) is 57.0 Å². The Kier molecular flexibility index (Phi) is 20.8. The van der Waals surface area contributed by atoms with E-state index in [0.717, 1.165) is 80.0 Å². The highest BCUT2D eigenvalue weighted by atomic mass is 127. The smallest absolute Gasteiger partial charge is 0.308 e. The molecule has 0 aliphatic heterocycles. The second kappa shape index (κ2) is 24.4. The molecule has 0 amide bonds. The van der Waals surface area contributed by atoms with Crippen molar-refractivity contribution in [2.45, 2.75) is 214 Å². The Hall–Kier alpha value is 0.380. The summed E-state index contributed by atoms with van der Waals surface area (Å²) < 4.78 is 22.0. The van der Waals surface area contributed by atoms with Crippen LogP contribution in [-0.2, 0) is 14.3 Å². The molecule has 0 heterocycles. The third-order valence-electron chi connectivity index (χ3n) is 15.7. The third-order valence-corrected chi connectivity index (χ3v) is 17.9. The van der Waals surface area contributed by atoms with E-state index >= 15 is 0 Å². The van der Waals surface area contributed by atoms with Gasteiger partial charge in [-0.2, -0.15) is 0 Å². The first-order valence-electron chi connectivity index (χ1n) is 24.1. The number of hydrogen-bond donors (Lipinski definition) is 0. The predicted octanol–water partition coefficient (Wildman–Crippen LogP) is 16.7. The SMILES string of the molecule is CC(C)CCC[C@@H](C)[C@H]1CCC2C3CC=C4C[C@@H](OC(C)OC(=O)CCCCCCCCCCCCCCCOc5c(I)cc(I)cc5I)CC[C@]4(C)C3CC[C@@]21C. The monoisotopic (exact) mass is 1140 g/mol. The van der Waals surface area contributed by atoms with Crippen molar-refractivity contribution in [1.82, 2.24) is 0 Å². The van der Waals surface area contributed by atoms with Crippen LogP contribution in [0.15, 0.2) is 23.8 Å².